The molecule has 2 fully saturated rings. The largest absolute Gasteiger partial charge is 0.325 e. The maximum atomic E-state index is 12.7. The van der Waals surface area contributed by atoms with Crippen molar-refractivity contribution in [1.82, 2.24) is 28.5 Å². The lowest BCUT2D eigenvalue weighted by molar-refractivity contribution is 0.0100. The molecule has 1 aliphatic carbocycles. The molecule has 5 rings (SSSR count). The van der Waals surface area contributed by atoms with Gasteiger partial charge in [0.25, 0.3) is 0 Å². The zero-order chi connectivity index (χ0) is 19.5. The number of rotatable bonds is 4. The van der Waals surface area contributed by atoms with Crippen molar-refractivity contribution in [2.45, 2.75) is 49.9 Å². The standard InChI is InChI=1S/C19H28N6O2S/c1-3-23-10-11-25-17(15-12-21-22(2)14-15)13-20-18(25)19(23)6-8-24(9-7-19)28(26,27)16-4-5-16/h12-14,16H,3-11H2,1-2H3. The fourth-order valence-electron chi connectivity index (χ4n) is 5.02. The summed E-state index contributed by atoms with van der Waals surface area (Å²) in [6.07, 6.45) is 9.11. The second kappa shape index (κ2) is 6.40. The van der Waals surface area contributed by atoms with E-state index in [-0.39, 0.29) is 10.8 Å². The molecule has 2 aliphatic heterocycles. The van der Waals surface area contributed by atoms with Crippen LogP contribution in [0.2, 0.25) is 0 Å². The Morgan fingerprint density at radius 3 is 2.50 bits per heavy atom. The first-order valence-electron chi connectivity index (χ1n) is 10.2. The first-order chi connectivity index (χ1) is 13.5. The molecule has 1 saturated heterocycles. The Labute approximate surface area is 166 Å². The Morgan fingerprint density at radius 1 is 1.14 bits per heavy atom. The number of nitrogens with zero attached hydrogens (tertiary/aromatic N) is 6. The third-order valence-electron chi connectivity index (χ3n) is 6.71. The van der Waals surface area contributed by atoms with Crippen molar-refractivity contribution in [2.24, 2.45) is 7.05 Å². The highest BCUT2D eigenvalue weighted by atomic mass is 32.2. The highest BCUT2D eigenvalue weighted by Gasteiger charge is 2.50. The summed E-state index contributed by atoms with van der Waals surface area (Å²) in [7, 11) is -1.18. The molecule has 152 valence electrons. The third-order valence-corrected chi connectivity index (χ3v) is 9.11. The summed E-state index contributed by atoms with van der Waals surface area (Å²) in [5, 5.41) is 4.18. The van der Waals surface area contributed by atoms with Crippen LogP contribution in [-0.4, -0.2) is 68.4 Å². The normalized spacial score (nSPS) is 23.2. The molecule has 8 nitrogen and oxygen atoms in total. The van der Waals surface area contributed by atoms with Gasteiger partial charge in [-0.25, -0.2) is 17.7 Å². The minimum Gasteiger partial charge on any atom is -0.325 e. The Bertz CT molecular complexity index is 982. The summed E-state index contributed by atoms with van der Waals surface area (Å²) in [6, 6.07) is 0. The summed E-state index contributed by atoms with van der Waals surface area (Å²) in [6.45, 7) is 6.18. The molecular formula is C19H28N6O2S. The van der Waals surface area contributed by atoms with Crippen LogP contribution in [-0.2, 0) is 29.2 Å². The summed E-state index contributed by atoms with van der Waals surface area (Å²) < 4.78 is 31.2. The highest BCUT2D eigenvalue weighted by molar-refractivity contribution is 7.90. The van der Waals surface area contributed by atoms with Crippen LogP contribution in [0, 0.1) is 0 Å². The van der Waals surface area contributed by atoms with Gasteiger partial charge in [-0.2, -0.15) is 5.10 Å². The monoisotopic (exact) mass is 404 g/mol. The lowest BCUT2D eigenvalue weighted by Crippen LogP contribution is -2.58. The summed E-state index contributed by atoms with van der Waals surface area (Å²) in [5.74, 6) is 1.09. The number of fused-ring (bicyclic) bond motifs is 2. The number of likely N-dealkylation sites (N-methyl/N-ethyl adjacent to an activating group) is 1. The Hall–Kier alpha value is -1.71. The van der Waals surface area contributed by atoms with Crippen molar-refractivity contribution in [3.8, 4) is 11.3 Å². The maximum Gasteiger partial charge on any atom is 0.216 e. The van der Waals surface area contributed by atoms with Crippen molar-refractivity contribution in [1.29, 1.82) is 0 Å². The predicted octanol–water partition coefficient (Wildman–Crippen LogP) is 1.40. The van der Waals surface area contributed by atoms with Crippen LogP contribution in [0.1, 0.15) is 38.4 Å². The van der Waals surface area contributed by atoms with Gasteiger partial charge in [-0.3, -0.25) is 9.58 Å². The van der Waals surface area contributed by atoms with Gasteiger partial charge in [0.2, 0.25) is 10.0 Å². The number of piperidine rings is 1. The maximum absolute atomic E-state index is 12.7. The van der Waals surface area contributed by atoms with E-state index in [2.05, 4.69) is 21.5 Å². The summed E-state index contributed by atoms with van der Waals surface area (Å²) in [5.41, 5.74) is 2.00. The van der Waals surface area contributed by atoms with Crippen LogP contribution < -0.4 is 0 Å². The predicted molar refractivity (Wildman–Crippen MR) is 106 cm³/mol. The Kier molecular flexibility index (Phi) is 4.19. The minimum absolute atomic E-state index is 0.130. The molecule has 0 atom stereocenters. The van der Waals surface area contributed by atoms with Crippen molar-refractivity contribution < 1.29 is 8.42 Å². The smallest absolute Gasteiger partial charge is 0.216 e. The van der Waals surface area contributed by atoms with E-state index in [9.17, 15) is 8.42 Å². The Balaban J connectivity index is 1.49. The summed E-state index contributed by atoms with van der Waals surface area (Å²) >= 11 is 0. The zero-order valence-electron chi connectivity index (χ0n) is 16.6. The average molecular weight is 405 g/mol. The molecule has 3 aliphatic rings. The van der Waals surface area contributed by atoms with E-state index in [4.69, 9.17) is 4.98 Å². The number of hydrogen-bond donors (Lipinski definition) is 0. The van der Waals surface area contributed by atoms with E-state index >= 15 is 0 Å². The highest BCUT2D eigenvalue weighted by Crippen LogP contribution is 2.43. The van der Waals surface area contributed by atoms with Crippen LogP contribution in [0.15, 0.2) is 18.6 Å². The number of imidazole rings is 1. The molecule has 9 heteroatoms. The fraction of sp³-hybridized carbons (Fsp3) is 0.684. The van der Waals surface area contributed by atoms with Crippen molar-refractivity contribution in [3.63, 3.8) is 0 Å². The van der Waals surface area contributed by atoms with Gasteiger partial charge in [-0.15, -0.1) is 0 Å². The molecule has 0 bridgehead atoms. The van der Waals surface area contributed by atoms with Crippen LogP contribution in [0.25, 0.3) is 11.3 Å². The van der Waals surface area contributed by atoms with Crippen molar-refractivity contribution >= 4 is 10.0 Å². The molecule has 0 aromatic carbocycles. The van der Waals surface area contributed by atoms with E-state index in [1.165, 1.54) is 0 Å². The lowest BCUT2D eigenvalue weighted by Gasteiger charge is -2.50. The molecule has 2 aromatic heterocycles. The fourth-order valence-corrected chi connectivity index (χ4v) is 6.87. The third kappa shape index (κ3) is 2.67. The van der Waals surface area contributed by atoms with Gasteiger partial charge >= 0.3 is 0 Å². The molecule has 1 saturated carbocycles. The second-order valence-electron chi connectivity index (χ2n) is 8.28. The van der Waals surface area contributed by atoms with Crippen LogP contribution in [0.3, 0.4) is 0 Å². The van der Waals surface area contributed by atoms with Crippen molar-refractivity contribution in [3.05, 3.63) is 24.4 Å². The number of sulfonamides is 1. The molecular weight excluding hydrogens is 376 g/mol. The number of aromatic nitrogens is 4. The van der Waals surface area contributed by atoms with Gasteiger partial charge < -0.3 is 4.57 Å². The molecule has 0 amide bonds. The number of aryl methyl sites for hydroxylation is 1. The molecule has 4 heterocycles. The molecule has 0 radical (unpaired) electrons. The second-order valence-corrected chi connectivity index (χ2v) is 10.5. The first-order valence-corrected chi connectivity index (χ1v) is 11.7. The average Bonchev–Trinajstić information content (AvgIpc) is 3.34. The minimum atomic E-state index is -3.10. The first kappa shape index (κ1) is 18.3. The Morgan fingerprint density at radius 2 is 1.89 bits per heavy atom. The molecule has 2 aromatic rings. The van der Waals surface area contributed by atoms with Crippen LogP contribution in [0.5, 0.6) is 0 Å². The van der Waals surface area contributed by atoms with E-state index < -0.39 is 10.0 Å². The number of hydrogen-bond acceptors (Lipinski definition) is 5. The quantitative estimate of drug-likeness (QED) is 0.770. The van der Waals surface area contributed by atoms with E-state index in [1.54, 1.807) is 4.31 Å². The molecule has 1 spiro atoms. The van der Waals surface area contributed by atoms with Gasteiger partial charge in [0, 0.05) is 45.0 Å². The molecule has 0 unspecified atom stereocenters. The van der Waals surface area contributed by atoms with E-state index in [1.807, 2.05) is 30.3 Å². The zero-order valence-corrected chi connectivity index (χ0v) is 17.4. The van der Waals surface area contributed by atoms with E-state index in [0.717, 1.165) is 62.4 Å². The van der Waals surface area contributed by atoms with Gasteiger partial charge in [0.1, 0.15) is 5.82 Å². The van der Waals surface area contributed by atoms with Gasteiger partial charge in [0.15, 0.2) is 0 Å². The van der Waals surface area contributed by atoms with Crippen LogP contribution in [0.4, 0.5) is 0 Å². The van der Waals surface area contributed by atoms with Gasteiger partial charge in [-0.05, 0) is 32.2 Å². The SMILES string of the molecule is CCN1CCn2c(-c3cnn(C)c3)cnc2C12CCN(S(=O)(=O)C1CC1)CC2. The van der Waals surface area contributed by atoms with Crippen molar-refractivity contribution in [2.75, 3.05) is 26.2 Å². The van der Waals surface area contributed by atoms with Crippen LogP contribution >= 0.6 is 0 Å². The molecule has 28 heavy (non-hydrogen) atoms. The van der Waals surface area contributed by atoms with Gasteiger partial charge in [0.05, 0.1) is 28.9 Å². The lowest BCUT2D eigenvalue weighted by atomic mass is 9.84. The topological polar surface area (TPSA) is 76.3 Å². The molecule has 0 N–H and O–H groups in total. The van der Waals surface area contributed by atoms with E-state index in [0.29, 0.717) is 13.1 Å². The summed E-state index contributed by atoms with van der Waals surface area (Å²) in [4.78, 5) is 7.37. The van der Waals surface area contributed by atoms with Gasteiger partial charge in [-0.1, -0.05) is 6.92 Å².